The Balaban J connectivity index is 2.92. The molecule has 5 heteroatoms. The summed E-state index contributed by atoms with van der Waals surface area (Å²) in [5, 5.41) is 18.0. The molecular formula is C10H12BrNO3. The molecule has 0 spiro atoms. The highest BCUT2D eigenvalue weighted by Crippen LogP contribution is 2.28. The Morgan fingerprint density at radius 3 is 2.67 bits per heavy atom. The largest absolute Gasteiger partial charge is 0.507 e. The Morgan fingerprint density at radius 1 is 1.53 bits per heavy atom. The van der Waals surface area contributed by atoms with Crippen LogP contribution in [0.5, 0.6) is 5.75 Å². The van der Waals surface area contributed by atoms with Crippen LogP contribution in [-0.2, 0) is 4.79 Å². The molecule has 15 heavy (non-hydrogen) atoms. The minimum absolute atomic E-state index is 0.00623. The zero-order valence-corrected chi connectivity index (χ0v) is 9.57. The van der Waals surface area contributed by atoms with Crippen LogP contribution in [0.3, 0.4) is 0 Å². The molecule has 4 nitrogen and oxygen atoms in total. The van der Waals surface area contributed by atoms with Crippen LogP contribution < -0.4 is 5.73 Å². The topological polar surface area (TPSA) is 83.6 Å². The van der Waals surface area contributed by atoms with Gasteiger partial charge in [0.15, 0.2) is 0 Å². The lowest BCUT2D eigenvalue weighted by Gasteiger charge is -2.13. The Hall–Kier alpha value is -1.07. The van der Waals surface area contributed by atoms with Crippen molar-refractivity contribution in [2.45, 2.75) is 12.3 Å². The van der Waals surface area contributed by atoms with Gasteiger partial charge in [-0.3, -0.25) is 4.79 Å². The van der Waals surface area contributed by atoms with Gasteiger partial charge >= 0.3 is 5.97 Å². The third-order valence-corrected chi connectivity index (χ3v) is 2.78. The normalized spacial score (nSPS) is 12.4. The van der Waals surface area contributed by atoms with Crippen molar-refractivity contribution in [3.05, 3.63) is 28.2 Å². The first-order valence-corrected chi connectivity index (χ1v) is 5.24. The molecule has 0 amide bonds. The van der Waals surface area contributed by atoms with E-state index >= 15 is 0 Å². The minimum atomic E-state index is -0.880. The molecule has 0 aromatic heterocycles. The average Bonchev–Trinajstić information content (AvgIpc) is 2.18. The van der Waals surface area contributed by atoms with Crippen LogP contribution in [-0.4, -0.2) is 22.7 Å². The summed E-state index contributed by atoms with van der Waals surface area (Å²) in [5.74, 6) is -0.973. The van der Waals surface area contributed by atoms with E-state index in [-0.39, 0.29) is 24.6 Å². The number of carboxylic acids is 1. The number of benzene rings is 1. The molecule has 0 fully saturated rings. The van der Waals surface area contributed by atoms with Gasteiger partial charge in [0.05, 0.1) is 10.9 Å². The van der Waals surface area contributed by atoms with Crippen molar-refractivity contribution in [1.82, 2.24) is 0 Å². The first-order valence-electron chi connectivity index (χ1n) is 4.45. The number of hydrogen-bond acceptors (Lipinski definition) is 3. The van der Waals surface area contributed by atoms with Crippen LogP contribution in [0.4, 0.5) is 0 Å². The quantitative estimate of drug-likeness (QED) is 0.779. The second kappa shape index (κ2) is 5.14. The Morgan fingerprint density at radius 2 is 2.20 bits per heavy atom. The molecular weight excluding hydrogens is 262 g/mol. The van der Waals surface area contributed by atoms with Crippen LogP contribution in [0.25, 0.3) is 0 Å². The molecule has 0 bridgehead atoms. The molecule has 1 rings (SSSR count). The number of rotatable bonds is 4. The summed E-state index contributed by atoms with van der Waals surface area (Å²) in [4.78, 5) is 10.6. The van der Waals surface area contributed by atoms with Gasteiger partial charge in [0.1, 0.15) is 5.75 Å². The molecule has 0 heterocycles. The molecule has 1 unspecified atom stereocenters. The Bertz CT molecular complexity index is 368. The first kappa shape index (κ1) is 12.0. The van der Waals surface area contributed by atoms with E-state index in [1.165, 1.54) is 6.07 Å². The second-order valence-electron chi connectivity index (χ2n) is 3.24. The van der Waals surface area contributed by atoms with E-state index in [0.29, 0.717) is 4.47 Å². The average molecular weight is 274 g/mol. The molecule has 82 valence electrons. The van der Waals surface area contributed by atoms with Gasteiger partial charge in [-0.15, -0.1) is 0 Å². The molecule has 0 aliphatic rings. The van der Waals surface area contributed by atoms with Gasteiger partial charge in [-0.05, 0) is 40.2 Å². The van der Waals surface area contributed by atoms with Crippen molar-refractivity contribution >= 4 is 21.9 Å². The van der Waals surface area contributed by atoms with E-state index in [9.17, 15) is 9.90 Å². The third kappa shape index (κ3) is 3.21. The summed E-state index contributed by atoms with van der Waals surface area (Å²) in [6.45, 7) is 0.267. The predicted octanol–water partition coefficient (Wildman–Crippen LogP) is 1.67. The number of halogens is 1. The van der Waals surface area contributed by atoms with Crippen molar-refractivity contribution in [1.29, 1.82) is 0 Å². The SMILES string of the molecule is NCC(CC(=O)O)c1ccc(O)c(Br)c1. The number of aliphatic carboxylic acids is 1. The maximum Gasteiger partial charge on any atom is 0.304 e. The van der Waals surface area contributed by atoms with E-state index < -0.39 is 5.97 Å². The molecule has 0 saturated heterocycles. The summed E-state index contributed by atoms with van der Waals surface area (Å²) in [6, 6.07) is 4.89. The fourth-order valence-electron chi connectivity index (χ4n) is 1.33. The van der Waals surface area contributed by atoms with Gasteiger partial charge in [0, 0.05) is 5.92 Å². The van der Waals surface area contributed by atoms with Crippen LogP contribution in [0.2, 0.25) is 0 Å². The van der Waals surface area contributed by atoms with Gasteiger partial charge in [0.2, 0.25) is 0 Å². The van der Waals surface area contributed by atoms with Crippen molar-refractivity contribution in [2.75, 3.05) is 6.54 Å². The molecule has 1 aromatic rings. The van der Waals surface area contributed by atoms with E-state index in [2.05, 4.69) is 15.9 Å². The number of carboxylic acid groups (broad SMARTS) is 1. The maximum absolute atomic E-state index is 10.6. The van der Waals surface area contributed by atoms with Crippen molar-refractivity contribution in [3.8, 4) is 5.75 Å². The zero-order chi connectivity index (χ0) is 11.4. The fraction of sp³-hybridized carbons (Fsp3) is 0.300. The van der Waals surface area contributed by atoms with Gasteiger partial charge in [0.25, 0.3) is 0 Å². The number of phenols is 1. The lowest BCUT2D eigenvalue weighted by molar-refractivity contribution is -0.137. The number of aromatic hydroxyl groups is 1. The van der Waals surface area contributed by atoms with E-state index in [4.69, 9.17) is 10.8 Å². The maximum atomic E-state index is 10.6. The Kier molecular flexibility index (Phi) is 4.11. The first-order chi connectivity index (χ1) is 7.04. The van der Waals surface area contributed by atoms with Crippen molar-refractivity contribution in [2.24, 2.45) is 5.73 Å². The third-order valence-electron chi connectivity index (χ3n) is 2.15. The number of hydrogen-bond donors (Lipinski definition) is 3. The van der Waals surface area contributed by atoms with Crippen molar-refractivity contribution < 1.29 is 15.0 Å². The second-order valence-corrected chi connectivity index (χ2v) is 4.10. The van der Waals surface area contributed by atoms with Crippen LogP contribution in [0.1, 0.15) is 17.9 Å². The van der Waals surface area contributed by atoms with E-state index in [1.807, 2.05) is 0 Å². The lowest BCUT2D eigenvalue weighted by Crippen LogP contribution is -2.16. The summed E-state index contributed by atoms with van der Waals surface area (Å²) in [6.07, 6.45) is -0.00623. The van der Waals surface area contributed by atoms with Gasteiger partial charge in [-0.25, -0.2) is 0 Å². The number of phenolic OH excluding ortho intramolecular Hbond substituents is 1. The smallest absolute Gasteiger partial charge is 0.304 e. The summed E-state index contributed by atoms with van der Waals surface area (Å²) in [5.41, 5.74) is 6.31. The van der Waals surface area contributed by atoms with Crippen LogP contribution in [0.15, 0.2) is 22.7 Å². The lowest BCUT2D eigenvalue weighted by atomic mass is 9.96. The van der Waals surface area contributed by atoms with Gasteiger partial charge in [-0.2, -0.15) is 0 Å². The molecule has 1 aromatic carbocycles. The number of nitrogens with two attached hydrogens (primary N) is 1. The highest BCUT2D eigenvalue weighted by atomic mass is 79.9. The highest BCUT2D eigenvalue weighted by molar-refractivity contribution is 9.10. The van der Waals surface area contributed by atoms with Crippen LogP contribution >= 0.6 is 15.9 Å². The zero-order valence-electron chi connectivity index (χ0n) is 7.98. The highest BCUT2D eigenvalue weighted by Gasteiger charge is 2.14. The molecule has 4 N–H and O–H groups in total. The summed E-state index contributed by atoms with van der Waals surface area (Å²) < 4.78 is 0.545. The van der Waals surface area contributed by atoms with Gasteiger partial charge < -0.3 is 15.9 Å². The van der Waals surface area contributed by atoms with Crippen molar-refractivity contribution in [3.63, 3.8) is 0 Å². The van der Waals surface area contributed by atoms with Gasteiger partial charge in [-0.1, -0.05) is 6.07 Å². The number of carbonyl (C=O) groups is 1. The summed E-state index contributed by atoms with van der Waals surface area (Å²) in [7, 11) is 0. The summed E-state index contributed by atoms with van der Waals surface area (Å²) >= 11 is 3.17. The molecule has 1 atom stereocenters. The Labute approximate surface area is 95.8 Å². The van der Waals surface area contributed by atoms with E-state index in [0.717, 1.165) is 5.56 Å². The molecule has 0 aliphatic heterocycles. The molecule has 0 radical (unpaired) electrons. The fourth-order valence-corrected chi connectivity index (χ4v) is 1.72. The molecule has 0 aliphatic carbocycles. The van der Waals surface area contributed by atoms with E-state index in [1.54, 1.807) is 12.1 Å². The monoisotopic (exact) mass is 273 g/mol. The van der Waals surface area contributed by atoms with Crippen LogP contribution in [0, 0.1) is 0 Å². The predicted molar refractivity (Wildman–Crippen MR) is 59.9 cm³/mol. The standard InChI is InChI=1S/C10H12BrNO3/c11-8-3-6(1-2-9(8)13)7(5-12)4-10(14)15/h1-3,7,13H,4-5,12H2,(H,14,15). The molecule has 0 saturated carbocycles. The minimum Gasteiger partial charge on any atom is -0.507 e.